The molecule has 0 aromatic heterocycles. The topological polar surface area (TPSA) is 108 Å². The van der Waals surface area contributed by atoms with Crippen molar-refractivity contribution < 1.29 is 23.9 Å². The van der Waals surface area contributed by atoms with E-state index in [0.717, 1.165) is 22.3 Å². The molecule has 1 aliphatic rings. The van der Waals surface area contributed by atoms with Crippen LogP contribution in [0, 0.1) is 0 Å². The van der Waals surface area contributed by atoms with Gasteiger partial charge in [0.15, 0.2) is 0 Å². The fourth-order valence-corrected chi connectivity index (χ4v) is 3.55. The van der Waals surface area contributed by atoms with Crippen LogP contribution in [0.2, 0.25) is 0 Å². The first-order chi connectivity index (χ1) is 14.2. The van der Waals surface area contributed by atoms with Gasteiger partial charge in [-0.15, -0.1) is 0 Å². The summed E-state index contributed by atoms with van der Waals surface area (Å²) >= 11 is 0. The van der Waals surface area contributed by atoms with Crippen molar-refractivity contribution in [1.29, 1.82) is 0 Å². The van der Waals surface area contributed by atoms with Gasteiger partial charge in [0.1, 0.15) is 18.2 Å². The van der Waals surface area contributed by atoms with Crippen LogP contribution in [0.1, 0.15) is 44.2 Å². The summed E-state index contributed by atoms with van der Waals surface area (Å²) in [7, 11) is 0. The zero-order valence-corrected chi connectivity index (χ0v) is 17.3. The summed E-state index contributed by atoms with van der Waals surface area (Å²) in [5.41, 5.74) is 9.00. The van der Waals surface area contributed by atoms with Gasteiger partial charge in [0.05, 0.1) is 6.42 Å². The fraction of sp³-hybridized carbons (Fsp3) is 0.348. The molecule has 2 aromatic carbocycles. The third-order valence-electron chi connectivity index (χ3n) is 4.77. The second-order valence-electron chi connectivity index (χ2n) is 8.22. The van der Waals surface area contributed by atoms with Crippen molar-refractivity contribution >= 4 is 18.0 Å². The Hall–Kier alpha value is -3.35. The quantitative estimate of drug-likeness (QED) is 0.712. The first-order valence-electron chi connectivity index (χ1n) is 9.78. The highest BCUT2D eigenvalue weighted by molar-refractivity contribution is 5.88. The summed E-state index contributed by atoms with van der Waals surface area (Å²) in [5.74, 6) is -1.58. The molecule has 0 radical (unpaired) electrons. The van der Waals surface area contributed by atoms with E-state index in [9.17, 15) is 14.4 Å². The number of fused-ring (bicyclic) bond motifs is 3. The van der Waals surface area contributed by atoms with E-state index in [4.69, 9.17) is 15.2 Å². The molecule has 0 saturated heterocycles. The van der Waals surface area contributed by atoms with Crippen molar-refractivity contribution in [2.75, 3.05) is 6.61 Å². The fourth-order valence-electron chi connectivity index (χ4n) is 3.55. The SMILES string of the molecule is CC(C)(C)OC(=O)C[C@@H](NC(=O)OCC1c2ccccc2-c2ccccc21)C(N)=O. The molecule has 0 fully saturated rings. The van der Waals surface area contributed by atoms with Gasteiger partial charge < -0.3 is 20.5 Å². The Labute approximate surface area is 175 Å². The Morgan fingerprint density at radius 3 is 2.03 bits per heavy atom. The van der Waals surface area contributed by atoms with Crippen molar-refractivity contribution in [3.05, 3.63) is 59.7 Å². The molecule has 2 amide bonds. The van der Waals surface area contributed by atoms with Crippen LogP contribution in [0.15, 0.2) is 48.5 Å². The zero-order valence-electron chi connectivity index (χ0n) is 17.3. The van der Waals surface area contributed by atoms with E-state index in [1.54, 1.807) is 20.8 Å². The average molecular weight is 410 g/mol. The average Bonchev–Trinajstić information content (AvgIpc) is 2.98. The van der Waals surface area contributed by atoms with Gasteiger partial charge >= 0.3 is 12.1 Å². The van der Waals surface area contributed by atoms with E-state index < -0.39 is 29.6 Å². The Morgan fingerprint density at radius 1 is 1.00 bits per heavy atom. The summed E-state index contributed by atoms with van der Waals surface area (Å²) in [4.78, 5) is 36.0. The molecule has 7 heteroatoms. The number of ether oxygens (including phenoxy) is 2. The van der Waals surface area contributed by atoms with Crippen LogP contribution in [0.3, 0.4) is 0 Å². The van der Waals surface area contributed by atoms with Crippen LogP contribution in [0.5, 0.6) is 0 Å². The molecule has 3 N–H and O–H groups in total. The molecular formula is C23H26N2O5. The molecule has 1 aliphatic carbocycles. The molecule has 3 rings (SSSR count). The van der Waals surface area contributed by atoms with Gasteiger partial charge in [-0.3, -0.25) is 9.59 Å². The molecule has 0 unspecified atom stereocenters. The third kappa shape index (κ3) is 4.97. The van der Waals surface area contributed by atoms with E-state index in [-0.39, 0.29) is 18.9 Å². The smallest absolute Gasteiger partial charge is 0.407 e. The van der Waals surface area contributed by atoms with E-state index >= 15 is 0 Å². The molecule has 158 valence electrons. The highest BCUT2D eigenvalue weighted by atomic mass is 16.6. The minimum Gasteiger partial charge on any atom is -0.460 e. The standard InChI is InChI=1S/C23H26N2O5/c1-23(2,3)30-20(26)12-19(21(24)27)25-22(28)29-13-18-16-10-6-4-8-14(16)15-9-5-7-11-17(15)18/h4-11,18-19H,12-13H2,1-3H3,(H2,24,27)(H,25,28)/t19-/m1/s1. The summed E-state index contributed by atoms with van der Waals surface area (Å²) in [6.07, 6.45) is -1.18. The van der Waals surface area contributed by atoms with Gasteiger partial charge in [0.25, 0.3) is 0 Å². The number of primary amides is 1. The van der Waals surface area contributed by atoms with Crippen LogP contribution >= 0.6 is 0 Å². The molecule has 0 spiro atoms. The molecule has 7 nitrogen and oxygen atoms in total. The number of amides is 2. The molecule has 1 atom stereocenters. The van der Waals surface area contributed by atoms with E-state index in [1.807, 2.05) is 48.5 Å². The monoisotopic (exact) mass is 410 g/mol. The maximum atomic E-state index is 12.3. The predicted molar refractivity (Wildman–Crippen MR) is 112 cm³/mol. The van der Waals surface area contributed by atoms with Gasteiger partial charge in [0.2, 0.25) is 5.91 Å². The number of hydrogen-bond acceptors (Lipinski definition) is 5. The van der Waals surface area contributed by atoms with Crippen molar-refractivity contribution in [3.63, 3.8) is 0 Å². The molecular weight excluding hydrogens is 384 g/mol. The predicted octanol–water partition coefficient (Wildman–Crippen LogP) is 3.11. The van der Waals surface area contributed by atoms with Gasteiger partial charge in [-0.05, 0) is 43.0 Å². The summed E-state index contributed by atoms with van der Waals surface area (Å²) < 4.78 is 10.6. The minimum absolute atomic E-state index is 0.0950. The van der Waals surface area contributed by atoms with Gasteiger partial charge in [-0.25, -0.2) is 4.79 Å². The molecule has 0 heterocycles. The summed E-state index contributed by atoms with van der Waals surface area (Å²) in [5, 5.41) is 2.37. The number of carbonyl (C=O) groups is 3. The maximum Gasteiger partial charge on any atom is 0.407 e. The van der Waals surface area contributed by atoms with Crippen molar-refractivity contribution in [1.82, 2.24) is 5.32 Å². The second-order valence-corrected chi connectivity index (χ2v) is 8.22. The van der Waals surface area contributed by atoms with Gasteiger partial charge in [-0.2, -0.15) is 0 Å². The number of benzene rings is 2. The van der Waals surface area contributed by atoms with E-state index in [2.05, 4.69) is 5.32 Å². The first kappa shape index (κ1) is 21.4. The summed E-state index contributed by atoms with van der Waals surface area (Å²) in [6, 6.07) is 14.7. The molecule has 0 aliphatic heterocycles. The zero-order chi connectivity index (χ0) is 21.9. The highest BCUT2D eigenvalue weighted by Gasteiger charge is 2.30. The number of hydrogen-bond donors (Lipinski definition) is 2. The number of rotatable bonds is 6. The van der Waals surface area contributed by atoms with E-state index in [0.29, 0.717) is 0 Å². The lowest BCUT2D eigenvalue weighted by molar-refractivity contribution is -0.156. The molecule has 0 saturated carbocycles. The second kappa shape index (κ2) is 8.57. The number of nitrogens with two attached hydrogens (primary N) is 1. The van der Waals surface area contributed by atoms with Gasteiger partial charge in [0, 0.05) is 5.92 Å². The number of nitrogens with one attached hydrogen (secondary N) is 1. The van der Waals surface area contributed by atoms with Crippen LogP contribution in [-0.4, -0.2) is 36.2 Å². The third-order valence-corrected chi connectivity index (χ3v) is 4.77. The van der Waals surface area contributed by atoms with Gasteiger partial charge in [-0.1, -0.05) is 48.5 Å². The van der Waals surface area contributed by atoms with Crippen LogP contribution in [0.4, 0.5) is 4.79 Å². The number of esters is 1. The van der Waals surface area contributed by atoms with Crippen LogP contribution in [0.25, 0.3) is 11.1 Å². The minimum atomic E-state index is -1.21. The first-order valence-corrected chi connectivity index (χ1v) is 9.78. The van der Waals surface area contributed by atoms with Crippen molar-refractivity contribution in [2.45, 2.75) is 44.8 Å². The Kier molecular flexibility index (Phi) is 6.10. The van der Waals surface area contributed by atoms with Crippen molar-refractivity contribution in [3.8, 4) is 11.1 Å². The number of carbonyl (C=O) groups excluding carboxylic acids is 3. The van der Waals surface area contributed by atoms with E-state index in [1.165, 1.54) is 0 Å². The maximum absolute atomic E-state index is 12.3. The lowest BCUT2D eigenvalue weighted by Gasteiger charge is -2.22. The van der Waals surface area contributed by atoms with Crippen LogP contribution < -0.4 is 11.1 Å². The van der Waals surface area contributed by atoms with Crippen molar-refractivity contribution in [2.24, 2.45) is 5.73 Å². The largest absolute Gasteiger partial charge is 0.460 e. The van der Waals surface area contributed by atoms with Crippen LogP contribution in [-0.2, 0) is 19.1 Å². The molecule has 2 aromatic rings. The Morgan fingerprint density at radius 2 is 1.53 bits per heavy atom. The summed E-state index contributed by atoms with van der Waals surface area (Å²) in [6.45, 7) is 5.23. The highest BCUT2D eigenvalue weighted by Crippen LogP contribution is 2.44. The molecule has 0 bridgehead atoms. The lowest BCUT2D eigenvalue weighted by atomic mass is 9.98. The Bertz CT molecular complexity index is 919. The normalized spacial score (nSPS) is 13.7. The Balaban J connectivity index is 1.64. The lowest BCUT2D eigenvalue weighted by Crippen LogP contribution is -2.46. The number of alkyl carbamates (subject to hydrolysis) is 1. The molecule has 30 heavy (non-hydrogen) atoms.